The van der Waals surface area contributed by atoms with Crippen molar-refractivity contribution in [2.24, 2.45) is 0 Å². The van der Waals surface area contributed by atoms with Gasteiger partial charge in [-0.1, -0.05) is 18.2 Å². The van der Waals surface area contributed by atoms with Crippen LogP contribution in [-0.2, 0) is 0 Å². The van der Waals surface area contributed by atoms with Crippen LogP contribution in [0, 0.1) is 6.92 Å². The number of benzene rings is 1. The maximum absolute atomic E-state index is 11.9. The summed E-state index contributed by atoms with van der Waals surface area (Å²) in [6, 6.07) is 8.54. The number of carboxylic acid groups (broad SMARTS) is 1. The molecule has 0 aliphatic heterocycles. The molecule has 0 spiro atoms. The van der Waals surface area contributed by atoms with Gasteiger partial charge < -0.3 is 5.11 Å². The van der Waals surface area contributed by atoms with Gasteiger partial charge in [0, 0.05) is 11.1 Å². The second-order valence-electron chi connectivity index (χ2n) is 4.18. The number of carbonyl (C=O) groups is 1. The van der Waals surface area contributed by atoms with Crippen molar-refractivity contribution < 1.29 is 9.90 Å². The standard InChI is InChI=1S/C13H10N2O3/c1-7-6-10(13(17)18)11-8-4-2-3-5-9(8)12(16)14-15(7)11/h2-6H,1H3,(H,14,16)(H,17,18). The third-order valence-electron chi connectivity index (χ3n) is 3.06. The number of nitrogens with one attached hydrogen (secondary N) is 1. The summed E-state index contributed by atoms with van der Waals surface area (Å²) in [6.45, 7) is 1.75. The Morgan fingerprint density at radius 1 is 1.28 bits per heavy atom. The molecule has 1 aromatic carbocycles. The highest BCUT2D eigenvalue weighted by atomic mass is 16.4. The third-order valence-corrected chi connectivity index (χ3v) is 3.06. The number of rotatable bonds is 1. The molecule has 90 valence electrons. The first kappa shape index (κ1) is 10.6. The minimum atomic E-state index is -1.00. The molecule has 5 heteroatoms. The molecule has 0 amide bonds. The minimum absolute atomic E-state index is 0.194. The van der Waals surface area contributed by atoms with Crippen molar-refractivity contribution in [1.82, 2.24) is 9.61 Å². The van der Waals surface area contributed by atoms with Gasteiger partial charge in [0.1, 0.15) is 0 Å². The first-order valence-corrected chi connectivity index (χ1v) is 5.46. The van der Waals surface area contributed by atoms with E-state index >= 15 is 0 Å². The summed E-state index contributed by atoms with van der Waals surface area (Å²) in [4.78, 5) is 23.2. The number of aromatic nitrogens is 2. The normalized spacial score (nSPS) is 11.2. The lowest BCUT2D eigenvalue weighted by atomic mass is 10.1. The zero-order valence-electron chi connectivity index (χ0n) is 9.60. The van der Waals surface area contributed by atoms with Crippen LogP contribution >= 0.6 is 0 Å². The average Bonchev–Trinajstić information content (AvgIpc) is 2.68. The highest BCUT2D eigenvalue weighted by molar-refractivity contribution is 6.07. The van der Waals surface area contributed by atoms with Crippen molar-refractivity contribution in [3.8, 4) is 0 Å². The van der Waals surface area contributed by atoms with Crippen molar-refractivity contribution in [2.75, 3.05) is 0 Å². The Balaban J connectivity index is 2.68. The molecule has 3 rings (SSSR count). The minimum Gasteiger partial charge on any atom is -0.478 e. The number of aromatic amines is 1. The molecule has 0 atom stereocenters. The van der Waals surface area contributed by atoms with E-state index in [9.17, 15) is 14.7 Å². The number of fused-ring (bicyclic) bond motifs is 3. The van der Waals surface area contributed by atoms with E-state index in [0.29, 0.717) is 22.0 Å². The van der Waals surface area contributed by atoms with Gasteiger partial charge >= 0.3 is 5.97 Å². The van der Waals surface area contributed by atoms with Gasteiger partial charge in [0.25, 0.3) is 5.56 Å². The summed E-state index contributed by atoms with van der Waals surface area (Å²) in [5.74, 6) is -1.00. The largest absolute Gasteiger partial charge is 0.478 e. The average molecular weight is 242 g/mol. The van der Waals surface area contributed by atoms with Crippen molar-refractivity contribution >= 4 is 22.3 Å². The number of aryl methyl sites for hydroxylation is 1. The van der Waals surface area contributed by atoms with E-state index in [0.717, 1.165) is 0 Å². The summed E-state index contributed by atoms with van der Waals surface area (Å²) in [7, 11) is 0. The monoisotopic (exact) mass is 242 g/mol. The van der Waals surface area contributed by atoms with E-state index in [1.807, 2.05) is 0 Å². The maximum Gasteiger partial charge on any atom is 0.337 e. The molecular weight excluding hydrogens is 232 g/mol. The van der Waals surface area contributed by atoms with Crippen LogP contribution in [0.4, 0.5) is 0 Å². The molecule has 0 aliphatic rings. The zero-order chi connectivity index (χ0) is 12.9. The highest BCUT2D eigenvalue weighted by Crippen LogP contribution is 2.22. The molecule has 0 bridgehead atoms. The maximum atomic E-state index is 11.9. The predicted octanol–water partition coefficient (Wildman–Crippen LogP) is 1.79. The molecule has 5 nitrogen and oxygen atoms in total. The van der Waals surface area contributed by atoms with Crippen LogP contribution < -0.4 is 5.56 Å². The summed E-state index contributed by atoms with van der Waals surface area (Å²) < 4.78 is 1.52. The van der Waals surface area contributed by atoms with Gasteiger partial charge in [-0.15, -0.1) is 0 Å². The van der Waals surface area contributed by atoms with E-state index in [2.05, 4.69) is 5.10 Å². The Bertz CT molecular complexity index is 842. The first-order valence-electron chi connectivity index (χ1n) is 5.46. The van der Waals surface area contributed by atoms with Crippen molar-refractivity contribution in [1.29, 1.82) is 0 Å². The van der Waals surface area contributed by atoms with Crippen LogP contribution in [-0.4, -0.2) is 20.7 Å². The molecule has 2 aromatic heterocycles. The first-order chi connectivity index (χ1) is 8.59. The molecule has 0 fully saturated rings. The molecule has 0 radical (unpaired) electrons. The molecule has 0 aliphatic carbocycles. The number of hydrogen-bond donors (Lipinski definition) is 2. The second-order valence-corrected chi connectivity index (χ2v) is 4.18. The smallest absolute Gasteiger partial charge is 0.337 e. The van der Waals surface area contributed by atoms with E-state index in [1.165, 1.54) is 4.52 Å². The SMILES string of the molecule is Cc1cc(C(=O)O)c2c3ccccc3c(=O)[nH]n12. The summed E-state index contributed by atoms with van der Waals surface area (Å²) in [6.07, 6.45) is 0. The van der Waals surface area contributed by atoms with E-state index in [1.54, 1.807) is 37.3 Å². The number of nitrogens with zero attached hydrogens (tertiary/aromatic N) is 1. The van der Waals surface area contributed by atoms with Crippen molar-refractivity contribution in [3.05, 3.63) is 51.9 Å². The lowest BCUT2D eigenvalue weighted by molar-refractivity contribution is 0.0699. The van der Waals surface area contributed by atoms with Gasteiger partial charge in [-0.2, -0.15) is 0 Å². The van der Waals surface area contributed by atoms with Gasteiger partial charge in [-0.3, -0.25) is 14.4 Å². The molecule has 0 unspecified atom stereocenters. The Hall–Kier alpha value is -2.56. The summed E-state index contributed by atoms with van der Waals surface area (Å²) in [5, 5.41) is 13.0. The third kappa shape index (κ3) is 1.27. The van der Waals surface area contributed by atoms with Gasteiger partial charge in [0.2, 0.25) is 0 Å². The number of carboxylic acids is 1. The summed E-state index contributed by atoms with van der Waals surface area (Å²) >= 11 is 0. The topological polar surface area (TPSA) is 74.6 Å². The van der Waals surface area contributed by atoms with Gasteiger partial charge in [0.05, 0.1) is 16.5 Å². The molecule has 18 heavy (non-hydrogen) atoms. The molecule has 3 aromatic rings. The number of H-pyrrole nitrogens is 1. The predicted molar refractivity (Wildman–Crippen MR) is 67.2 cm³/mol. The Kier molecular flexibility index (Phi) is 2.04. The van der Waals surface area contributed by atoms with Crippen LogP contribution in [0.3, 0.4) is 0 Å². The fourth-order valence-corrected chi connectivity index (χ4v) is 2.26. The molecule has 0 saturated carbocycles. The van der Waals surface area contributed by atoms with Gasteiger partial charge in [-0.25, -0.2) is 4.79 Å². The molecule has 0 saturated heterocycles. The fourth-order valence-electron chi connectivity index (χ4n) is 2.26. The number of hydrogen-bond acceptors (Lipinski definition) is 2. The van der Waals surface area contributed by atoms with Crippen LogP contribution in [0.2, 0.25) is 0 Å². The number of aromatic carboxylic acids is 1. The summed E-state index contributed by atoms with van der Waals surface area (Å²) in [5.41, 5.74) is 1.18. The van der Waals surface area contributed by atoms with Gasteiger partial charge in [0.15, 0.2) is 0 Å². The van der Waals surface area contributed by atoms with E-state index in [-0.39, 0.29) is 11.1 Å². The highest BCUT2D eigenvalue weighted by Gasteiger charge is 2.16. The molecule has 2 N–H and O–H groups in total. The van der Waals surface area contributed by atoms with Gasteiger partial charge in [-0.05, 0) is 19.1 Å². The molecular formula is C13H10N2O3. The Morgan fingerprint density at radius 2 is 1.94 bits per heavy atom. The zero-order valence-corrected chi connectivity index (χ0v) is 9.60. The second kappa shape index (κ2) is 3.46. The van der Waals surface area contributed by atoms with Crippen molar-refractivity contribution in [2.45, 2.75) is 6.92 Å². The quantitative estimate of drug-likeness (QED) is 0.683. The Labute approximate surface area is 101 Å². The van der Waals surface area contributed by atoms with Crippen LogP contribution in [0.1, 0.15) is 16.1 Å². The lowest BCUT2D eigenvalue weighted by Crippen LogP contribution is -2.13. The lowest BCUT2D eigenvalue weighted by Gasteiger charge is -2.03. The van der Waals surface area contributed by atoms with E-state index < -0.39 is 5.97 Å². The van der Waals surface area contributed by atoms with Crippen LogP contribution in [0.15, 0.2) is 35.1 Å². The molecule has 2 heterocycles. The Morgan fingerprint density at radius 3 is 2.61 bits per heavy atom. The van der Waals surface area contributed by atoms with Crippen LogP contribution in [0.25, 0.3) is 16.3 Å². The van der Waals surface area contributed by atoms with E-state index in [4.69, 9.17) is 0 Å². The van der Waals surface area contributed by atoms with Crippen LogP contribution in [0.5, 0.6) is 0 Å². The fraction of sp³-hybridized carbons (Fsp3) is 0.0769. The van der Waals surface area contributed by atoms with Crippen molar-refractivity contribution in [3.63, 3.8) is 0 Å².